The zero-order chi connectivity index (χ0) is 16.2. The minimum absolute atomic E-state index is 0.258. The molecule has 0 spiro atoms. The van der Waals surface area contributed by atoms with Gasteiger partial charge < -0.3 is 18.9 Å². The summed E-state index contributed by atoms with van der Waals surface area (Å²) in [6, 6.07) is 15.0. The van der Waals surface area contributed by atoms with Gasteiger partial charge in [-0.1, -0.05) is 0 Å². The lowest BCUT2D eigenvalue weighted by atomic mass is 10.3. The number of benzene rings is 2. The van der Waals surface area contributed by atoms with Crippen LogP contribution in [0.4, 0.5) is 11.4 Å². The topological polar surface area (TPSA) is 68.2 Å². The van der Waals surface area contributed by atoms with Crippen molar-refractivity contribution in [2.24, 2.45) is 10.2 Å². The van der Waals surface area contributed by atoms with Crippen molar-refractivity contribution in [3.8, 4) is 11.5 Å². The van der Waals surface area contributed by atoms with Crippen molar-refractivity contribution in [2.45, 2.75) is 12.2 Å². The molecule has 0 N–H and O–H groups in total. The van der Waals surface area contributed by atoms with Gasteiger partial charge in [-0.3, -0.25) is 0 Å². The molecule has 0 radical (unpaired) electrons. The summed E-state index contributed by atoms with van der Waals surface area (Å²) >= 11 is 0. The molecule has 0 amide bonds. The Morgan fingerprint density at radius 3 is 1.42 bits per heavy atom. The summed E-state index contributed by atoms with van der Waals surface area (Å²) in [5.41, 5.74) is 1.55. The molecule has 2 fully saturated rings. The summed E-state index contributed by atoms with van der Waals surface area (Å²) in [6.45, 7) is 2.79. The molecule has 0 saturated carbocycles. The van der Waals surface area contributed by atoms with Crippen LogP contribution in [0.5, 0.6) is 11.5 Å². The van der Waals surface area contributed by atoms with Crippen LogP contribution in [0.2, 0.25) is 0 Å². The lowest BCUT2D eigenvalue weighted by Crippen LogP contribution is -2.03. The Hall–Kier alpha value is -2.44. The third-order valence-electron chi connectivity index (χ3n) is 3.63. The van der Waals surface area contributed by atoms with Crippen LogP contribution < -0.4 is 9.47 Å². The van der Waals surface area contributed by atoms with Crippen molar-refractivity contribution >= 4 is 11.4 Å². The Bertz CT molecular complexity index is 630. The van der Waals surface area contributed by atoms with Crippen LogP contribution >= 0.6 is 0 Å². The van der Waals surface area contributed by atoms with Gasteiger partial charge in [0.05, 0.1) is 24.6 Å². The lowest BCUT2D eigenvalue weighted by Gasteiger charge is -2.04. The van der Waals surface area contributed by atoms with E-state index in [1.54, 1.807) is 0 Å². The SMILES string of the molecule is c1cc(OC[C@@H]2CO2)ccc1N=Nc1ccc(OC[C@@H]2CO2)cc1. The molecule has 6 nitrogen and oxygen atoms in total. The Kier molecular flexibility index (Phi) is 4.40. The van der Waals surface area contributed by atoms with Crippen molar-refractivity contribution in [2.75, 3.05) is 26.4 Å². The average molecular weight is 326 g/mol. The third kappa shape index (κ3) is 4.53. The molecule has 2 aliphatic rings. The highest BCUT2D eigenvalue weighted by Gasteiger charge is 2.23. The minimum atomic E-state index is 0.258. The van der Waals surface area contributed by atoms with Crippen molar-refractivity contribution in [1.82, 2.24) is 0 Å². The summed E-state index contributed by atoms with van der Waals surface area (Å²) in [4.78, 5) is 0. The highest BCUT2D eigenvalue weighted by atomic mass is 16.6. The number of nitrogens with zero attached hydrogens (tertiary/aromatic N) is 2. The summed E-state index contributed by atoms with van der Waals surface area (Å²) in [6.07, 6.45) is 0.515. The second-order valence-electron chi connectivity index (χ2n) is 5.72. The van der Waals surface area contributed by atoms with Crippen LogP contribution in [0.1, 0.15) is 0 Å². The Morgan fingerprint density at radius 1 is 0.708 bits per heavy atom. The molecule has 0 unspecified atom stereocenters. The highest BCUT2D eigenvalue weighted by Crippen LogP contribution is 2.24. The molecule has 24 heavy (non-hydrogen) atoms. The van der Waals surface area contributed by atoms with Crippen LogP contribution in [-0.2, 0) is 9.47 Å². The molecule has 2 atom stereocenters. The molecule has 2 aromatic carbocycles. The van der Waals surface area contributed by atoms with Gasteiger partial charge in [0.25, 0.3) is 0 Å². The monoisotopic (exact) mass is 326 g/mol. The van der Waals surface area contributed by atoms with Gasteiger partial charge >= 0.3 is 0 Å². The second-order valence-corrected chi connectivity index (χ2v) is 5.72. The first-order valence-electron chi connectivity index (χ1n) is 7.96. The van der Waals surface area contributed by atoms with Crippen molar-refractivity contribution in [1.29, 1.82) is 0 Å². The standard InChI is InChI=1S/C18H18N2O4/c1-5-15(21-9-17-11-23-17)6-2-13(1)19-20-14-3-7-16(8-4-14)22-10-18-12-24-18/h1-8,17-18H,9-12H2/t17-,18-/m1/s1. The largest absolute Gasteiger partial charge is 0.491 e. The van der Waals surface area contributed by atoms with E-state index in [1.165, 1.54) is 0 Å². The molecule has 124 valence electrons. The molecule has 0 bridgehead atoms. The maximum absolute atomic E-state index is 5.58. The molecule has 2 aliphatic heterocycles. The first-order chi connectivity index (χ1) is 11.8. The van der Waals surface area contributed by atoms with E-state index in [0.29, 0.717) is 13.2 Å². The molecular weight excluding hydrogens is 308 g/mol. The van der Waals surface area contributed by atoms with E-state index in [4.69, 9.17) is 18.9 Å². The van der Waals surface area contributed by atoms with Crippen molar-refractivity contribution in [3.05, 3.63) is 48.5 Å². The zero-order valence-electron chi connectivity index (χ0n) is 13.1. The van der Waals surface area contributed by atoms with Crippen LogP contribution in [0, 0.1) is 0 Å². The van der Waals surface area contributed by atoms with Crippen LogP contribution in [0.15, 0.2) is 58.8 Å². The fourth-order valence-electron chi connectivity index (χ4n) is 2.04. The van der Waals surface area contributed by atoms with Crippen LogP contribution in [-0.4, -0.2) is 38.6 Å². The van der Waals surface area contributed by atoms with E-state index in [-0.39, 0.29) is 12.2 Å². The number of hydrogen-bond acceptors (Lipinski definition) is 6. The lowest BCUT2D eigenvalue weighted by molar-refractivity contribution is 0.263. The highest BCUT2D eigenvalue weighted by molar-refractivity contribution is 5.44. The predicted octanol–water partition coefficient (Wildman–Crippen LogP) is 3.66. The third-order valence-corrected chi connectivity index (χ3v) is 3.63. The first-order valence-corrected chi connectivity index (χ1v) is 7.96. The van der Waals surface area contributed by atoms with Gasteiger partial charge in [0.2, 0.25) is 0 Å². The number of epoxide rings is 2. The smallest absolute Gasteiger partial charge is 0.119 e. The van der Waals surface area contributed by atoms with Gasteiger partial charge in [-0.05, 0) is 48.5 Å². The molecule has 4 rings (SSSR count). The summed E-state index contributed by atoms with van der Waals surface area (Å²) < 4.78 is 21.4. The maximum Gasteiger partial charge on any atom is 0.119 e. The Morgan fingerprint density at radius 2 is 1.08 bits per heavy atom. The van der Waals surface area contributed by atoms with E-state index in [0.717, 1.165) is 36.1 Å². The predicted molar refractivity (Wildman–Crippen MR) is 87.5 cm³/mol. The molecule has 0 aromatic heterocycles. The van der Waals surface area contributed by atoms with Gasteiger partial charge in [-0.15, -0.1) is 0 Å². The Balaban J connectivity index is 1.29. The number of ether oxygens (including phenoxy) is 4. The average Bonchev–Trinajstić information content (AvgIpc) is 3.53. The van der Waals surface area contributed by atoms with Crippen LogP contribution in [0.25, 0.3) is 0 Å². The van der Waals surface area contributed by atoms with Gasteiger partial charge in [-0.2, -0.15) is 10.2 Å². The summed E-state index contributed by atoms with van der Waals surface area (Å²) in [5.74, 6) is 1.62. The summed E-state index contributed by atoms with van der Waals surface area (Å²) in [7, 11) is 0. The minimum Gasteiger partial charge on any atom is -0.491 e. The van der Waals surface area contributed by atoms with E-state index >= 15 is 0 Å². The van der Waals surface area contributed by atoms with Crippen molar-refractivity contribution < 1.29 is 18.9 Å². The normalized spacial score (nSPS) is 21.7. The van der Waals surface area contributed by atoms with E-state index < -0.39 is 0 Å². The van der Waals surface area contributed by atoms with E-state index in [1.807, 2.05) is 48.5 Å². The molecule has 0 aliphatic carbocycles. The Labute approximate surface area is 140 Å². The van der Waals surface area contributed by atoms with Gasteiger partial charge in [0.1, 0.15) is 36.9 Å². The molecule has 2 heterocycles. The first kappa shape index (κ1) is 15.1. The van der Waals surface area contributed by atoms with E-state index in [2.05, 4.69) is 10.2 Å². The quantitative estimate of drug-likeness (QED) is 0.548. The molecule has 6 heteroatoms. The van der Waals surface area contributed by atoms with Crippen molar-refractivity contribution in [3.63, 3.8) is 0 Å². The molecular formula is C18H18N2O4. The number of rotatable bonds is 8. The molecule has 2 aromatic rings. The molecule has 2 saturated heterocycles. The van der Waals surface area contributed by atoms with E-state index in [9.17, 15) is 0 Å². The number of hydrogen-bond donors (Lipinski definition) is 0. The van der Waals surface area contributed by atoms with Gasteiger partial charge in [-0.25, -0.2) is 0 Å². The van der Waals surface area contributed by atoms with Gasteiger partial charge in [0, 0.05) is 0 Å². The second kappa shape index (κ2) is 6.98. The fourth-order valence-corrected chi connectivity index (χ4v) is 2.04. The summed E-state index contributed by atoms with van der Waals surface area (Å²) in [5, 5.41) is 8.45. The number of azo groups is 1. The van der Waals surface area contributed by atoms with Gasteiger partial charge in [0.15, 0.2) is 0 Å². The van der Waals surface area contributed by atoms with Crippen LogP contribution in [0.3, 0.4) is 0 Å². The zero-order valence-corrected chi connectivity index (χ0v) is 13.1. The fraction of sp³-hybridized carbons (Fsp3) is 0.333. The maximum atomic E-state index is 5.58.